The molecule has 0 spiro atoms. The van der Waals surface area contributed by atoms with Crippen LogP contribution in [0.5, 0.6) is 0 Å². The molecule has 0 aliphatic heterocycles. The van der Waals surface area contributed by atoms with E-state index in [0.29, 0.717) is 11.1 Å². The second kappa shape index (κ2) is 14.0. The minimum Gasteiger partial charge on any atom is -0.466 e. The summed E-state index contributed by atoms with van der Waals surface area (Å²) in [6, 6.07) is 6.90. The molecule has 3 aromatic rings. The number of carbonyl (C=O) groups is 4. The van der Waals surface area contributed by atoms with Crippen LogP contribution in [-0.4, -0.2) is 58.0 Å². The number of carbonyl (C=O) groups excluding carboxylic acids is 4. The lowest BCUT2D eigenvalue weighted by Gasteiger charge is -2.17. The molecule has 220 valence electrons. The Bertz CT molecular complexity index is 1590. The fourth-order valence-electron chi connectivity index (χ4n) is 3.52. The van der Waals surface area contributed by atoms with Crippen LogP contribution in [0, 0.1) is 17.3 Å². The van der Waals surface area contributed by atoms with Gasteiger partial charge in [-0.25, -0.2) is 9.78 Å². The second-order valence-corrected chi connectivity index (χ2v) is 10.2. The maximum Gasteiger partial charge on any atom is 0.328 e. The molecule has 2 aromatic heterocycles. The van der Waals surface area contributed by atoms with Gasteiger partial charge in [-0.1, -0.05) is 32.6 Å². The molecule has 42 heavy (non-hydrogen) atoms. The molecule has 1 aromatic carbocycles. The Balaban J connectivity index is 1.71. The van der Waals surface area contributed by atoms with Gasteiger partial charge in [0.15, 0.2) is 5.65 Å². The van der Waals surface area contributed by atoms with Gasteiger partial charge >= 0.3 is 11.9 Å². The van der Waals surface area contributed by atoms with E-state index < -0.39 is 34.9 Å². The summed E-state index contributed by atoms with van der Waals surface area (Å²) in [4.78, 5) is 72.5. The predicted molar refractivity (Wildman–Crippen MR) is 154 cm³/mol. The van der Waals surface area contributed by atoms with Crippen LogP contribution in [0.25, 0.3) is 11.0 Å². The van der Waals surface area contributed by atoms with Gasteiger partial charge in [-0.2, -0.15) is 4.98 Å². The molecule has 0 saturated heterocycles. The Labute approximate surface area is 242 Å². The highest BCUT2D eigenvalue weighted by Crippen LogP contribution is 2.16. The van der Waals surface area contributed by atoms with Crippen LogP contribution >= 0.6 is 0 Å². The zero-order valence-corrected chi connectivity index (χ0v) is 24.1. The first-order chi connectivity index (χ1) is 19.9. The average molecular weight is 576 g/mol. The van der Waals surface area contributed by atoms with Gasteiger partial charge in [0, 0.05) is 34.7 Å². The number of aromatic amines is 1. The van der Waals surface area contributed by atoms with E-state index in [1.807, 2.05) is 0 Å². The van der Waals surface area contributed by atoms with Gasteiger partial charge in [-0.15, -0.1) is 0 Å². The molecule has 0 radical (unpaired) electrons. The number of anilines is 1. The molecular weight excluding hydrogens is 542 g/mol. The molecule has 12 heteroatoms. The summed E-state index contributed by atoms with van der Waals surface area (Å²) in [5.74, 6) is 3.96. The van der Waals surface area contributed by atoms with Gasteiger partial charge in [-0.3, -0.25) is 29.5 Å². The SMILES string of the molecule is CCOC(=O)CC[C@@H](NC(=O)c1ccc(C#Cc2cnc3nc(NC(=O)C(C)(C)C)[nH]c(=O)c3c2)cc1)C(=O)OCC. The van der Waals surface area contributed by atoms with Crippen LogP contribution in [0.3, 0.4) is 0 Å². The summed E-state index contributed by atoms with van der Waals surface area (Å²) in [5, 5.41) is 5.40. The van der Waals surface area contributed by atoms with Crippen LogP contribution in [0.4, 0.5) is 5.95 Å². The number of nitrogens with one attached hydrogen (secondary N) is 3. The number of esters is 2. The third-order valence-corrected chi connectivity index (χ3v) is 5.79. The zero-order chi connectivity index (χ0) is 30.9. The molecule has 0 unspecified atom stereocenters. The van der Waals surface area contributed by atoms with Gasteiger partial charge < -0.3 is 14.8 Å². The first kappa shape index (κ1) is 31.5. The van der Waals surface area contributed by atoms with E-state index in [1.54, 1.807) is 65.0 Å². The normalized spacial score (nSPS) is 11.5. The van der Waals surface area contributed by atoms with Crippen molar-refractivity contribution in [3.05, 3.63) is 63.6 Å². The topological polar surface area (TPSA) is 169 Å². The lowest BCUT2D eigenvalue weighted by atomic mass is 9.96. The highest BCUT2D eigenvalue weighted by atomic mass is 16.5. The van der Waals surface area contributed by atoms with Crippen LogP contribution in [0.2, 0.25) is 0 Å². The Kier molecular flexibility index (Phi) is 10.5. The molecule has 3 N–H and O–H groups in total. The number of aromatic nitrogens is 3. The molecule has 3 rings (SSSR count). The van der Waals surface area contributed by atoms with Crippen molar-refractivity contribution in [3.63, 3.8) is 0 Å². The predicted octanol–water partition coefficient (Wildman–Crippen LogP) is 2.71. The van der Waals surface area contributed by atoms with E-state index in [2.05, 4.69) is 37.4 Å². The van der Waals surface area contributed by atoms with E-state index in [1.165, 1.54) is 6.20 Å². The Morgan fingerprint density at radius 2 is 1.67 bits per heavy atom. The number of benzene rings is 1. The fourth-order valence-corrected chi connectivity index (χ4v) is 3.52. The highest BCUT2D eigenvalue weighted by Gasteiger charge is 2.24. The van der Waals surface area contributed by atoms with Gasteiger partial charge in [0.1, 0.15) is 6.04 Å². The number of H-pyrrole nitrogens is 1. The number of fused-ring (bicyclic) bond motifs is 1. The number of rotatable bonds is 9. The molecule has 0 aliphatic carbocycles. The van der Waals surface area contributed by atoms with Crippen LogP contribution in [0.15, 0.2) is 41.3 Å². The summed E-state index contributed by atoms with van der Waals surface area (Å²) < 4.78 is 9.91. The standard InChI is InChI=1S/C30H33N5O7/c1-6-41-23(36)15-14-22(27(39)42-7-2)32-25(37)20-12-10-18(11-13-20)8-9-19-16-21-24(31-17-19)33-29(34-26(21)38)35-28(40)30(3,4)5/h10-13,16-17,22H,6-7,14-15H2,1-5H3,(H,32,37)(H2,31,33,34,35,38,40)/t22-/m1/s1. The zero-order valence-electron chi connectivity index (χ0n) is 24.1. The average Bonchev–Trinajstić information content (AvgIpc) is 2.94. The van der Waals surface area contributed by atoms with Gasteiger partial charge in [0.05, 0.1) is 18.6 Å². The van der Waals surface area contributed by atoms with Crippen LogP contribution < -0.4 is 16.2 Å². The van der Waals surface area contributed by atoms with Crippen molar-refractivity contribution >= 4 is 40.7 Å². The lowest BCUT2D eigenvalue weighted by molar-refractivity contribution is -0.146. The van der Waals surface area contributed by atoms with E-state index >= 15 is 0 Å². The Hall–Kier alpha value is -5.05. The van der Waals surface area contributed by atoms with Crippen LogP contribution in [0.1, 0.15) is 68.9 Å². The maximum absolute atomic E-state index is 12.8. The molecular formula is C30H33N5O7. The van der Waals surface area contributed by atoms with E-state index in [-0.39, 0.29) is 54.5 Å². The number of nitrogens with zero attached hydrogens (tertiary/aromatic N) is 2. The molecule has 12 nitrogen and oxygen atoms in total. The molecule has 1 atom stereocenters. The van der Waals surface area contributed by atoms with Gasteiger partial charge in [-0.05, 0) is 50.6 Å². The first-order valence-electron chi connectivity index (χ1n) is 13.4. The van der Waals surface area contributed by atoms with E-state index in [4.69, 9.17) is 9.47 Å². The monoisotopic (exact) mass is 575 g/mol. The van der Waals surface area contributed by atoms with Crippen molar-refractivity contribution in [2.45, 2.75) is 53.5 Å². The molecule has 0 saturated carbocycles. The summed E-state index contributed by atoms with van der Waals surface area (Å²) in [6.45, 7) is 8.90. The minimum atomic E-state index is -1.01. The van der Waals surface area contributed by atoms with Crippen molar-refractivity contribution in [2.24, 2.45) is 5.41 Å². The molecule has 2 amide bonds. The third kappa shape index (κ3) is 8.72. The van der Waals surface area contributed by atoms with Gasteiger partial charge in [0.25, 0.3) is 11.5 Å². The van der Waals surface area contributed by atoms with Crippen molar-refractivity contribution in [2.75, 3.05) is 18.5 Å². The number of pyridine rings is 1. The highest BCUT2D eigenvalue weighted by molar-refractivity contribution is 5.97. The summed E-state index contributed by atoms with van der Waals surface area (Å²) in [5.41, 5.74) is 0.348. The van der Waals surface area contributed by atoms with Crippen molar-refractivity contribution in [1.29, 1.82) is 0 Å². The summed E-state index contributed by atoms with van der Waals surface area (Å²) >= 11 is 0. The molecule has 0 bridgehead atoms. The minimum absolute atomic E-state index is 0.00969. The van der Waals surface area contributed by atoms with Crippen molar-refractivity contribution in [3.8, 4) is 11.8 Å². The molecule has 0 aliphatic rings. The number of amides is 2. The fraction of sp³-hybridized carbons (Fsp3) is 0.367. The second-order valence-electron chi connectivity index (χ2n) is 10.2. The third-order valence-electron chi connectivity index (χ3n) is 5.79. The molecule has 2 heterocycles. The van der Waals surface area contributed by atoms with E-state index in [0.717, 1.165) is 0 Å². The largest absolute Gasteiger partial charge is 0.466 e. The van der Waals surface area contributed by atoms with Crippen molar-refractivity contribution < 1.29 is 28.7 Å². The number of hydrogen-bond acceptors (Lipinski definition) is 9. The number of ether oxygens (including phenoxy) is 2. The van der Waals surface area contributed by atoms with Gasteiger partial charge in [0.2, 0.25) is 11.9 Å². The van der Waals surface area contributed by atoms with E-state index in [9.17, 15) is 24.0 Å². The quantitative estimate of drug-likeness (QED) is 0.256. The summed E-state index contributed by atoms with van der Waals surface area (Å²) in [6.07, 6.45) is 1.45. The smallest absolute Gasteiger partial charge is 0.328 e. The maximum atomic E-state index is 12.8. The lowest BCUT2D eigenvalue weighted by Crippen LogP contribution is -2.42. The first-order valence-corrected chi connectivity index (χ1v) is 13.4. The Morgan fingerprint density at radius 3 is 2.31 bits per heavy atom. The van der Waals surface area contributed by atoms with Crippen LogP contribution in [-0.2, 0) is 23.9 Å². The van der Waals surface area contributed by atoms with Crippen molar-refractivity contribution in [1.82, 2.24) is 20.3 Å². The Morgan fingerprint density at radius 1 is 1.00 bits per heavy atom. The number of hydrogen-bond donors (Lipinski definition) is 3. The summed E-state index contributed by atoms with van der Waals surface area (Å²) in [7, 11) is 0. The molecule has 0 fully saturated rings.